The second-order valence-corrected chi connectivity index (χ2v) is 7.99. The van der Waals surface area contributed by atoms with E-state index in [0.29, 0.717) is 11.2 Å². The van der Waals surface area contributed by atoms with Crippen LogP contribution in [0.25, 0.3) is 0 Å². The minimum atomic E-state index is 0.0153. The number of carbonyl (C=O) groups is 1. The molecule has 1 atom stereocenters. The van der Waals surface area contributed by atoms with Crippen LogP contribution in [0.15, 0.2) is 0 Å². The van der Waals surface area contributed by atoms with Gasteiger partial charge in [-0.25, -0.2) is 0 Å². The van der Waals surface area contributed by atoms with Crippen molar-refractivity contribution in [3.05, 3.63) is 0 Å². The van der Waals surface area contributed by atoms with Gasteiger partial charge in [0.25, 0.3) is 0 Å². The van der Waals surface area contributed by atoms with E-state index in [1.54, 1.807) is 0 Å². The Bertz CT molecular complexity index is 387. The molecule has 1 unspecified atom stereocenters. The fourth-order valence-corrected chi connectivity index (χ4v) is 4.88. The Morgan fingerprint density at radius 2 is 1.74 bits per heavy atom. The second kappa shape index (κ2) is 8.11. The van der Waals surface area contributed by atoms with Crippen LogP contribution in [0.3, 0.4) is 0 Å². The Morgan fingerprint density at radius 3 is 2.30 bits per heavy atom. The first-order valence-electron chi connectivity index (χ1n) is 10.0. The predicted octanol–water partition coefficient (Wildman–Crippen LogP) is 3.97. The van der Waals surface area contributed by atoms with Crippen molar-refractivity contribution < 1.29 is 4.79 Å². The van der Waals surface area contributed by atoms with Crippen molar-refractivity contribution in [2.45, 2.75) is 72.6 Å². The van der Waals surface area contributed by atoms with Gasteiger partial charge in [-0.15, -0.1) is 0 Å². The zero-order chi connectivity index (χ0) is 16.9. The first-order chi connectivity index (χ1) is 11.0. The monoisotopic (exact) mass is 322 g/mol. The molecule has 3 heteroatoms. The van der Waals surface area contributed by atoms with Gasteiger partial charge in [0, 0.05) is 18.4 Å². The lowest BCUT2D eigenvalue weighted by atomic mass is 9.60. The molecule has 1 saturated carbocycles. The zero-order valence-electron chi connectivity index (χ0n) is 16.0. The normalized spacial score (nSPS) is 28.1. The van der Waals surface area contributed by atoms with Crippen molar-refractivity contribution in [1.82, 2.24) is 9.80 Å². The quantitative estimate of drug-likeness (QED) is 0.675. The summed E-state index contributed by atoms with van der Waals surface area (Å²) in [5, 5.41) is 0. The zero-order valence-corrected chi connectivity index (χ0v) is 16.0. The molecule has 134 valence electrons. The molecule has 1 saturated heterocycles. The number of ketones is 1. The summed E-state index contributed by atoms with van der Waals surface area (Å²) >= 11 is 0. The minimum Gasteiger partial charge on any atom is -0.304 e. The van der Waals surface area contributed by atoms with Crippen LogP contribution in [0, 0.1) is 10.8 Å². The molecule has 0 amide bonds. The summed E-state index contributed by atoms with van der Waals surface area (Å²) in [5.74, 6) is 0.568. The first-order valence-corrected chi connectivity index (χ1v) is 10.0. The van der Waals surface area contributed by atoms with Gasteiger partial charge in [0.15, 0.2) is 0 Å². The third-order valence-electron chi connectivity index (χ3n) is 6.97. The number of Topliss-reactive ketones (excluding diaryl/α,β-unsaturated/α-hetero) is 1. The Labute approximate surface area is 143 Å². The topological polar surface area (TPSA) is 23.6 Å². The van der Waals surface area contributed by atoms with Gasteiger partial charge in [-0.1, -0.05) is 27.7 Å². The van der Waals surface area contributed by atoms with E-state index in [-0.39, 0.29) is 5.41 Å². The van der Waals surface area contributed by atoms with E-state index in [4.69, 9.17) is 0 Å². The van der Waals surface area contributed by atoms with Crippen LogP contribution in [-0.4, -0.2) is 54.9 Å². The maximum Gasteiger partial charge on any atom is 0.139 e. The molecular weight excluding hydrogens is 284 g/mol. The maximum absolute atomic E-state index is 12.8. The summed E-state index contributed by atoms with van der Waals surface area (Å²) < 4.78 is 0. The summed E-state index contributed by atoms with van der Waals surface area (Å²) in [7, 11) is 0. The Morgan fingerprint density at radius 1 is 1.04 bits per heavy atom. The van der Waals surface area contributed by atoms with Gasteiger partial charge in [0.05, 0.1) is 0 Å². The SMILES string of the molecule is CCN(CC)CCCN1CCC2(CCC(CC)(CC)C(=O)C2)C1. The van der Waals surface area contributed by atoms with Crippen molar-refractivity contribution in [1.29, 1.82) is 0 Å². The van der Waals surface area contributed by atoms with E-state index in [9.17, 15) is 4.79 Å². The number of rotatable bonds is 8. The first kappa shape index (κ1) is 18.9. The standard InChI is InChI=1S/C20H38N2O/c1-5-20(6-2)11-10-19(16-18(20)23)12-15-22(17-19)14-9-13-21(7-3)8-4/h5-17H2,1-4H3. The predicted molar refractivity (Wildman–Crippen MR) is 97.8 cm³/mol. The number of nitrogens with zero attached hydrogens (tertiary/aromatic N) is 2. The van der Waals surface area contributed by atoms with Gasteiger partial charge in [-0.05, 0) is 76.7 Å². The van der Waals surface area contributed by atoms with Crippen LogP contribution in [0.4, 0.5) is 0 Å². The summed E-state index contributed by atoms with van der Waals surface area (Å²) in [6.07, 6.45) is 7.82. The lowest BCUT2D eigenvalue weighted by molar-refractivity contribution is -0.136. The van der Waals surface area contributed by atoms with Gasteiger partial charge in [-0.3, -0.25) is 4.79 Å². The molecule has 0 aromatic carbocycles. The number of hydrogen-bond acceptors (Lipinski definition) is 3. The summed E-state index contributed by atoms with van der Waals surface area (Å²) in [4.78, 5) is 17.9. The molecule has 0 aromatic heterocycles. The molecule has 2 rings (SSSR count). The van der Waals surface area contributed by atoms with Gasteiger partial charge in [-0.2, -0.15) is 0 Å². The van der Waals surface area contributed by atoms with E-state index in [1.807, 2.05) is 0 Å². The van der Waals surface area contributed by atoms with Crippen LogP contribution >= 0.6 is 0 Å². The molecule has 0 aromatic rings. The number of carbonyl (C=O) groups excluding carboxylic acids is 1. The van der Waals surface area contributed by atoms with Crippen molar-refractivity contribution >= 4 is 5.78 Å². The van der Waals surface area contributed by atoms with E-state index >= 15 is 0 Å². The van der Waals surface area contributed by atoms with Crippen LogP contribution in [-0.2, 0) is 4.79 Å². The van der Waals surface area contributed by atoms with Crippen molar-refractivity contribution in [2.75, 3.05) is 39.3 Å². The lowest BCUT2D eigenvalue weighted by Gasteiger charge is -2.43. The molecule has 1 aliphatic heterocycles. The third-order valence-corrected chi connectivity index (χ3v) is 6.97. The van der Waals surface area contributed by atoms with Crippen LogP contribution in [0.2, 0.25) is 0 Å². The van der Waals surface area contributed by atoms with Crippen molar-refractivity contribution in [3.8, 4) is 0 Å². The van der Waals surface area contributed by atoms with E-state index in [2.05, 4.69) is 37.5 Å². The average molecular weight is 323 g/mol. The maximum atomic E-state index is 12.8. The van der Waals surface area contributed by atoms with Crippen LogP contribution in [0.1, 0.15) is 72.6 Å². The van der Waals surface area contributed by atoms with Crippen molar-refractivity contribution in [2.24, 2.45) is 10.8 Å². The van der Waals surface area contributed by atoms with Gasteiger partial charge in [0.1, 0.15) is 5.78 Å². The molecule has 1 spiro atoms. The highest BCUT2D eigenvalue weighted by atomic mass is 16.1. The molecule has 2 aliphatic rings. The highest BCUT2D eigenvalue weighted by molar-refractivity contribution is 5.86. The van der Waals surface area contributed by atoms with E-state index in [0.717, 1.165) is 38.8 Å². The van der Waals surface area contributed by atoms with Crippen LogP contribution < -0.4 is 0 Å². The molecule has 23 heavy (non-hydrogen) atoms. The summed E-state index contributed by atoms with van der Waals surface area (Å²) in [6, 6.07) is 0. The van der Waals surface area contributed by atoms with E-state index < -0.39 is 0 Å². The Hall–Kier alpha value is -0.410. The largest absolute Gasteiger partial charge is 0.304 e. The fraction of sp³-hybridized carbons (Fsp3) is 0.950. The molecule has 1 heterocycles. The molecule has 3 nitrogen and oxygen atoms in total. The minimum absolute atomic E-state index is 0.0153. The Balaban J connectivity index is 1.82. The fourth-order valence-electron chi connectivity index (χ4n) is 4.88. The van der Waals surface area contributed by atoms with Gasteiger partial charge < -0.3 is 9.80 Å². The summed E-state index contributed by atoms with van der Waals surface area (Å²) in [5.41, 5.74) is 0.335. The smallest absolute Gasteiger partial charge is 0.139 e. The molecule has 0 N–H and O–H groups in total. The third kappa shape index (κ3) is 4.17. The lowest BCUT2D eigenvalue weighted by Crippen LogP contribution is -2.43. The molecule has 2 fully saturated rings. The molecule has 0 bridgehead atoms. The highest BCUT2D eigenvalue weighted by Crippen LogP contribution is 2.50. The van der Waals surface area contributed by atoms with E-state index in [1.165, 1.54) is 45.4 Å². The Kier molecular flexibility index (Phi) is 6.67. The number of likely N-dealkylation sites (tertiary alicyclic amines) is 1. The van der Waals surface area contributed by atoms with Crippen LogP contribution in [0.5, 0.6) is 0 Å². The van der Waals surface area contributed by atoms with Gasteiger partial charge in [0.2, 0.25) is 0 Å². The average Bonchev–Trinajstić information content (AvgIpc) is 2.95. The second-order valence-electron chi connectivity index (χ2n) is 7.99. The molecule has 0 radical (unpaired) electrons. The molecule has 1 aliphatic carbocycles. The number of hydrogen-bond donors (Lipinski definition) is 0. The molecular formula is C20H38N2O. The van der Waals surface area contributed by atoms with Gasteiger partial charge >= 0.3 is 0 Å². The summed E-state index contributed by atoms with van der Waals surface area (Å²) in [6.45, 7) is 16.0. The highest BCUT2D eigenvalue weighted by Gasteiger charge is 2.49. The van der Waals surface area contributed by atoms with Crippen molar-refractivity contribution in [3.63, 3.8) is 0 Å².